The molecule has 0 amide bonds. The molecule has 0 radical (unpaired) electrons. The Hall–Kier alpha value is -2.50. The van der Waals surface area contributed by atoms with Gasteiger partial charge in [-0.05, 0) is 12.1 Å². The number of anilines is 1. The monoisotopic (exact) mass is 231 g/mol. The van der Waals surface area contributed by atoms with Gasteiger partial charge in [0.1, 0.15) is 12.1 Å². The molecule has 0 fully saturated rings. The number of hydrogen-bond acceptors (Lipinski definition) is 4. The minimum absolute atomic E-state index is 0.0338. The van der Waals surface area contributed by atoms with Gasteiger partial charge in [-0.15, -0.1) is 0 Å². The third-order valence-corrected chi connectivity index (χ3v) is 2.76. The lowest BCUT2D eigenvalue weighted by molar-refractivity contribution is 0.0690. The molecule has 0 spiro atoms. The third-order valence-electron chi connectivity index (χ3n) is 2.76. The molecule has 6 heteroatoms. The lowest BCUT2D eigenvalue weighted by Crippen LogP contribution is -2.16. The number of phenolic OH excluding ortho intramolecular Hbond substituents is 1. The smallest absolute Gasteiger partial charge is 0.356 e. The highest BCUT2D eigenvalue weighted by molar-refractivity contribution is 5.87. The van der Waals surface area contributed by atoms with Crippen LogP contribution in [0, 0.1) is 0 Å². The van der Waals surface area contributed by atoms with Crippen molar-refractivity contribution in [2.24, 2.45) is 0 Å². The number of carboxylic acid groups (broad SMARTS) is 1. The van der Waals surface area contributed by atoms with Crippen molar-refractivity contribution in [2.75, 3.05) is 5.32 Å². The summed E-state index contributed by atoms with van der Waals surface area (Å²) in [6.45, 7) is 0.402. The molecule has 0 saturated heterocycles. The molecule has 1 aromatic carbocycles. The Morgan fingerprint density at radius 1 is 1.47 bits per heavy atom. The maximum absolute atomic E-state index is 11.0. The summed E-state index contributed by atoms with van der Waals surface area (Å²) in [7, 11) is 0. The molecule has 1 aliphatic heterocycles. The number of imidazole rings is 1. The Morgan fingerprint density at radius 3 is 3.06 bits per heavy atom. The summed E-state index contributed by atoms with van der Waals surface area (Å²) in [5, 5.41) is 21.5. The standard InChI is InChI=1S/C11H9N3O3/c15-6-1-2-7-8(3-6)14-5-13-10(11(16)17)9(14)4-12-7/h1-3,5,12,15H,4H2,(H,16,17). The van der Waals surface area contributed by atoms with Gasteiger partial charge >= 0.3 is 5.97 Å². The van der Waals surface area contributed by atoms with Gasteiger partial charge < -0.3 is 15.5 Å². The predicted molar refractivity (Wildman–Crippen MR) is 59.5 cm³/mol. The fourth-order valence-corrected chi connectivity index (χ4v) is 1.98. The molecular formula is C11H9N3O3. The van der Waals surface area contributed by atoms with Crippen molar-refractivity contribution in [3.8, 4) is 11.4 Å². The lowest BCUT2D eigenvalue weighted by Gasteiger charge is -2.20. The van der Waals surface area contributed by atoms with Crippen LogP contribution < -0.4 is 5.32 Å². The quantitative estimate of drug-likeness (QED) is 0.642. The molecule has 2 heterocycles. The van der Waals surface area contributed by atoms with E-state index in [1.54, 1.807) is 22.8 Å². The zero-order chi connectivity index (χ0) is 12.0. The normalized spacial score (nSPS) is 12.5. The number of aromatic nitrogens is 2. The van der Waals surface area contributed by atoms with Crippen LogP contribution in [0.2, 0.25) is 0 Å². The number of rotatable bonds is 1. The highest BCUT2D eigenvalue weighted by Gasteiger charge is 2.22. The fourth-order valence-electron chi connectivity index (χ4n) is 1.98. The van der Waals surface area contributed by atoms with Crippen LogP contribution >= 0.6 is 0 Å². The van der Waals surface area contributed by atoms with Gasteiger partial charge in [0, 0.05) is 6.07 Å². The maximum Gasteiger partial charge on any atom is 0.356 e. The van der Waals surface area contributed by atoms with Gasteiger partial charge in [-0.2, -0.15) is 0 Å². The van der Waals surface area contributed by atoms with Crippen LogP contribution in [0.4, 0.5) is 5.69 Å². The zero-order valence-corrected chi connectivity index (χ0v) is 8.71. The maximum atomic E-state index is 11.0. The average Bonchev–Trinajstić information content (AvgIpc) is 2.72. The molecule has 3 N–H and O–H groups in total. The van der Waals surface area contributed by atoms with Crippen molar-refractivity contribution in [1.82, 2.24) is 9.55 Å². The first-order valence-corrected chi connectivity index (χ1v) is 5.03. The van der Waals surface area contributed by atoms with E-state index >= 15 is 0 Å². The Morgan fingerprint density at radius 2 is 2.29 bits per heavy atom. The predicted octanol–water partition coefficient (Wildman–Crippen LogP) is 1.20. The molecule has 0 aliphatic carbocycles. The Bertz CT molecular complexity index is 618. The molecule has 0 bridgehead atoms. The molecule has 0 atom stereocenters. The summed E-state index contributed by atoms with van der Waals surface area (Å²) >= 11 is 0. The van der Waals surface area contributed by atoms with Gasteiger partial charge in [0.25, 0.3) is 0 Å². The van der Waals surface area contributed by atoms with Crippen molar-refractivity contribution < 1.29 is 15.0 Å². The summed E-state index contributed by atoms with van der Waals surface area (Å²) < 4.78 is 1.68. The van der Waals surface area contributed by atoms with Crippen LogP contribution in [0.5, 0.6) is 5.75 Å². The second-order valence-electron chi connectivity index (χ2n) is 3.77. The topological polar surface area (TPSA) is 87.4 Å². The summed E-state index contributed by atoms with van der Waals surface area (Å²) in [6.07, 6.45) is 1.46. The molecular weight excluding hydrogens is 222 g/mol. The highest BCUT2D eigenvalue weighted by atomic mass is 16.4. The largest absolute Gasteiger partial charge is 0.508 e. The number of hydrogen-bond donors (Lipinski definition) is 3. The number of carboxylic acids is 1. The number of fused-ring (bicyclic) bond motifs is 3. The summed E-state index contributed by atoms with van der Waals surface area (Å²) in [5.74, 6) is -0.923. The SMILES string of the molecule is O=C(O)c1ncn2c1CNc1ccc(O)cc1-2. The number of nitrogens with one attached hydrogen (secondary N) is 1. The van der Waals surface area contributed by atoms with Crippen molar-refractivity contribution in [3.05, 3.63) is 35.9 Å². The summed E-state index contributed by atoms with van der Waals surface area (Å²) in [5.41, 5.74) is 2.15. The van der Waals surface area contributed by atoms with E-state index in [1.165, 1.54) is 6.33 Å². The van der Waals surface area contributed by atoms with Crippen LogP contribution in [-0.2, 0) is 6.54 Å². The Labute approximate surface area is 96.2 Å². The second kappa shape index (κ2) is 3.24. The van der Waals surface area contributed by atoms with Crippen LogP contribution in [-0.4, -0.2) is 25.7 Å². The number of phenols is 1. The first-order valence-electron chi connectivity index (χ1n) is 5.03. The van der Waals surface area contributed by atoms with Crippen LogP contribution in [0.15, 0.2) is 24.5 Å². The first kappa shape index (κ1) is 9.71. The van der Waals surface area contributed by atoms with Gasteiger partial charge in [-0.3, -0.25) is 4.57 Å². The molecule has 1 aromatic heterocycles. The van der Waals surface area contributed by atoms with Crippen molar-refractivity contribution in [3.63, 3.8) is 0 Å². The zero-order valence-electron chi connectivity index (χ0n) is 8.71. The highest BCUT2D eigenvalue weighted by Crippen LogP contribution is 2.31. The van der Waals surface area contributed by atoms with E-state index in [2.05, 4.69) is 10.3 Å². The summed E-state index contributed by atoms with van der Waals surface area (Å²) in [4.78, 5) is 14.8. The molecule has 0 unspecified atom stereocenters. The van der Waals surface area contributed by atoms with Crippen LogP contribution in [0.1, 0.15) is 16.2 Å². The third kappa shape index (κ3) is 1.34. The van der Waals surface area contributed by atoms with Crippen molar-refractivity contribution >= 4 is 11.7 Å². The minimum atomic E-state index is -1.05. The van der Waals surface area contributed by atoms with Crippen LogP contribution in [0.3, 0.4) is 0 Å². The van der Waals surface area contributed by atoms with Gasteiger partial charge in [0.2, 0.25) is 0 Å². The van der Waals surface area contributed by atoms with E-state index in [0.29, 0.717) is 17.9 Å². The average molecular weight is 231 g/mol. The molecule has 3 rings (SSSR count). The number of nitrogens with zero attached hydrogens (tertiary/aromatic N) is 2. The summed E-state index contributed by atoms with van der Waals surface area (Å²) in [6, 6.07) is 4.89. The Balaban J connectivity index is 2.23. The molecule has 6 nitrogen and oxygen atoms in total. The van der Waals surface area contributed by atoms with E-state index in [9.17, 15) is 9.90 Å². The number of aromatic hydroxyl groups is 1. The number of benzene rings is 1. The van der Waals surface area contributed by atoms with Gasteiger partial charge in [0.15, 0.2) is 5.69 Å². The first-order chi connectivity index (χ1) is 8.16. The van der Waals surface area contributed by atoms with E-state index in [0.717, 1.165) is 5.69 Å². The Kier molecular flexibility index (Phi) is 1.85. The van der Waals surface area contributed by atoms with Gasteiger partial charge in [0.05, 0.1) is 23.6 Å². The van der Waals surface area contributed by atoms with E-state index in [-0.39, 0.29) is 11.4 Å². The van der Waals surface area contributed by atoms with Gasteiger partial charge in [-0.25, -0.2) is 9.78 Å². The minimum Gasteiger partial charge on any atom is -0.508 e. The second-order valence-corrected chi connectivity index (χ2v) is 3.77. The van der Waals surface area contributed by atoms with E-state index in [4.69, 9.17) is 5.11 Å². The molecule has 0 saturated carbocycles. The van der Waals surface area contributed by atoms with E-state index in [1.807, 2.05) is 0 Å². The van der Waals surface area contributed by atoms with Crippen molar-refractivity contribution in [2.45, 2.75) is 6.54 Å². The van der Waals surface area contributed by atoms with Crippen molar-refractivity contribution in [1.29, 1.82) is 0 Å². The molecule has 17 heavy (non-hydrogen) atoms. The molecule has 1 aliphatic rings. The van der Waals surface area contributed by atoms with E-state index < -0.39 is 5.97 Å². The lowest BCUT2D eigenvalue weighted by atomic mass is 10.2. The number of aromatic carboxylic acids is 1. The molecule has 86 valence electrons. The number of carbonyl (C=O) groups is 1. The van der Waals surface area contributed by atoms with Gasteiger partial charge in [-0.1, -0.05) is 0 Å². The fraction of sp³-hybridized carbons (Fsp3) is 0.0909. The molecule has 2 aromatic rings. The van der Waals surface area contributed by atoms with Crippen LogP contribution in [0.25, 0.3) is 5.69 Å².